The fourth-order valence-electron chi connectivity index (χ4n) is 5.57. The number of anilines is 1. The largest absolute Gasteiger partial charge is 0.486 e. The Morgan fingerprint density at radius 2 is 1.91 bits per heavy atom. The minimum Gasteiger partial charge on any atom is -0.486 e. The normalized spacial score (nSPS) is 20.0. The van der Waals surface area contributed by atoms with Crippen molar-refractivity contribution in [3.8, 4) is 28.6 Å². The predicted octanol–water partition coefficient (Wildman–Crippen LogP) is 1.98. The lowest BCUT2D eigenvalue weighted by molar-refractivity contribution is -0.131. The monoisotopic (exact) mass is 650 g/mol. The number of carbonyl (C=O) groups excluding carboxylic acids is 2. The number of rotatable bonds is 9. The second kappa shape index (κ2) is 14.3. The number of fused-ring (bicyclic) bond motifs is 1. The number of aromatic nitrogens is 1. The molecule has 1 unspecified atom stereocenters. The van der Waals surface area contributed by atoms with Crippen LogP contribution < -0.4 is 24.8 Å². The van der Waals surface area contributed by atoms with Gasteiger partial charge in [0.15, 0.2) is 23.4 Å². The smallest absolute Gasteiger partial charge is 0.407 e. The molecule has 0 bridgehead atoms. The first-order valence-corrected chi connectivity index (χ1v) is 15.4. The second-order valence-corrected chi connectivity index (χ2v) is 11.6. The Morgan fingerprint density at radius 3 is 2.70 bits per heavy atom. The molecule has 15 heteroatoms. The zero-order valence-corrected chi connectivity index (χ0v) is 26.3. The van der Waals surface area contributed by atoms with E-state index in [1.165, 1.54) is 7.11 Å². The molecule has 1 aromatic carbocycles. The molecule has 2 fully saturated rings. The molecule has 3 aliphatic heterocycles. The number of nitrogens with one attached hydrogen (secondary N) is 2. The van der Waals surface area contributed by atoms with Gasteiger partial charge in [0.2, 0.25) is 5.88 Å². The van der Waals surface area contributed by atoms with Crippen molar-refractivity contribution in [1.29, 1.82) is 0 Å². The molecule has 47 heavy (non-hydrogen) atoms. The topological polar surface area (TPSA) is 168 Å². The Kier molecular flexibility index (Phi) is 9.75. The van der Waals surface area contributed by atoms with Gasteiger partial charge in [-0.15, -0.1) is 0 Å². The lowest BCUT2D eigenvalue weighted by Crippen LogP contribution is -2.49. The first-order valence-electron chi connectivity index (χ1n) is 15.4. The molecule has 2 saturated heterocycles. The summed E-state index contributed by atoms with van der Waals surface area (Å²) in [4.78, 5) is 47.6. The summed E-state index contributed by atoms with van der Waals surface area (Å²) >= 11 is 0. The van der Waals surface area contributed by atoms with Crippen LogP contribution in [0.5, 0.6) is 17.4 Å². The van der Waals surface area contributed by atoms with E-state index < -0.39 is 24.2 Å². The van der Waals surface area contributed by atoms with Gasteiger partial charge in [-0.3, -0.25) is 14.5 Å². The average molecular weight is 651 g/mol. The summed E-state index contributed by atoms with van der Waals surface area (Å²) in [7, 11) is 3.56. The number of benzene rings is 1. The van der Waals surface area contributed by atoms with Crippen LogP contribution in [-0.2, 0) is 16.1 Å². The molecule has 250 valence electrons. The molecule has 3 amide bonds. The number of carbonyl (C=O) groups is 3. The van der Waals surface area contributed by atoms with Gasteiger partial charge in [0.25, 0.3) is 11.8 Å². The van der Waals surface area contributed by atoms with Crippen LogP contribution >= 0.6 is 0 Å². The van der Waals surface area contributed by atoms with Gasteiger partial charge in [0.05, 0.1) is 39.0 Å². The second-order valence-electron chi connectivity index (χ2n) is 11.6. The molecule has 0 saturated carbocycles. The molecular weight excluding hydrogens is 612 g/mol. The zero-order valence-electron chi connectivity index (χ0n) is 26.3. The van der Waals surface area contributed by atoms with E-state index in [1.54, 1.807) is 36.4 Å². The molecule has 0 spiro atoms. The molecule has 5 heterocycles. The maximum absolute atomic E-state index is 13.0. The van der Waals surface area contributed by atoms with E-state index in [9.17, 15) is 19.5 Å². The van der Waals surface area contributed by atoms with Crippen molar-refractivity contribution < 1.29 is 42.9 Å². The first-order chi connectivity index (χ1) is 22.7. The Labute approximate surface area is 271 Å². The van der Waals surface area contributed by atoms with Gasteiger partial charge >= 0.3 is 6.09 Å². The third-order valence-electron chi connectivity index (χ3n) is 8.22. The van der Waals surface area contributed by atoms with Crippen molar-refractivity contribution >= 4 is 23.6 Å². The highest BCUT2D eigenvalue weighted by molar-refractivity contribution is 5.95. The number of piperazine rings is 1. The molecule has 2 atom stereocenters. The Bertz CT molecular complexity index is 1610. The summed E-state index contributed by atoms with van der Waals surface area (Å²) < 4.78 is 29.0. The number of nitrogens with zero attached hydrogens (tertiary/aromatic N) is 4. The molecule has 3 aliphatic rings. The van der Waals surface area contributed by atoms with E-state index in [4.69, 9.17) is 23.4 Å². The van der Waals surface area contributed by atoms with Crippen LogP contribution in [0.2, 0.25) is 0 Å². The number of hydrogen-bond acceptors (Lipinski definition) is 11. The Balaban J connectivity index is 1.10. The SMILES string of the molecule is COc1cc(NC(=O)C2CN(C(=O)O)CCO2)cc(-c2cccc3c2O[C@H](CNC(=O)c2ccc(CN4CCN(C)CC4)o2)CO3)n1. The van der Waals surface area contributed by atoms with Crippen molar-refractivity contribution in [3.05, 3.63) is 54.0 Å². The summed E-state index contributed by atoms with van der Waals surface area (Å²) in [5.41, 5.74) is 1.39. The minimum absolute atomic E-state index is 0.0801. The molecule has 15 nitrogen and oxygen atoms in total. The van der Waals surface area contributed by atoms with Crippen LogP contribution in [0.3, 0.4) is 0 Å². The zero-order chi connectivity index (χ0) is 32.9. The molecule has 3 N–H and O–H groups in total. The van der Waals surface area contributed by atoms with Gasteiger partial charge in [-0.1, -0.05) is 6.07 Å². The number of furan rings is 1. The van der Waals surface area contributed by atoms with Crippen molar-refractivity contribution in [2.45, 2.75) is 18.8 Å². The van der Waals surface area contributed by atoms with Crippen LogP contribution in [-0.4, -0.2) is 128 Å². The minimum atomic E-state index is -1.11. The van der Waals surface area contributed by atoms with Gasteiger partial charge in [0.1, 0.15) is 18.5 Å². The van der Waals surface area contributed by atoms with Gasteiger partial charge in [-0.05, 0) is 37.4 Å². The Morgan fingerprint density at radius 1 is 1.09 bits per heavy atom. The number of morpholine rings is 1. The predicted molar refractivity (Wildman–Crippen MR) is 168 cm³/mol. The lowest BCUT2D eigenvalue weighted by atomic mass is 10.1. The summed E-state index contributed by atoms with van der Waals surface area (Å²) in [6, 6.07) is 12.1. The molecular formula is C32H38N6O9. The van der Waals surface area contributed by atoms with Crippen molar-refractivity contribution in [3.63, 3.8) is 0 Å². The van der Waals surface area contributed by atoms with E-state index in [0.717, 1.165) is 36.8 Å². The van der Waals surface area contributed by atoms with E-state index in [2.05, 4.69) is 32.5 Å². The number of hydrogen-bond donors (Lipinski definition) is 3. The van der Waals surface area contributed by atoms with Crippen LogP contribution in [0, 0.1) is 0 Å². The van der Waals surface area contributed by atoms with E-state index in [-0.39, 0.29) is 50.4 Å². The molecule has 0 aliphatic carbocycles. The standard InChI is InChI=1S/C32H38N6O9/c1-36-8-10-37(11-9-36)17-21-6-7-26(46-21)30(39)33-16-22-19-45-25-5-3-4-23(29(25)47-22)24-14-20(15-28(35-24)43-2)34-31(40)27-18-38(32(41)42)12-13-44-27/h3-7,14-15,22,27H,8-13,16-19H2,1-2H3,(H,33,39)(H,41,42)(H,34,35,40)/t22-,27?/m1/s1. The van der Waals surface area contributed by atoms with Crippen molar-refractivity contribution in [2.24, 2.45) is 0 Å². The lowest BCUT2D eigenvalue weighted by Gasteiger charge is -2.31. The maximum Gasteiger partial charge on any atom is 0.407 e. The highest BCUT2D eigenvalue weighted by Gasteiger charge is 2.30. The van der Waals surface area contributed by atoms with Gasteiger partial charge in [-0.25, -0.2) is 9.78 Å². The van der Waals surface area contributed by atoms with E-state index in [1.807, 2.05) is 6.07 Å². The number of amides is 3. The van der Waals surface area contributed by atoms with Crippen molar-refractivity contribution in [2.75, 3.05) is 78.5 Å². The fraction of sp³-hybridized carbons (Fsp3) is 0.438. The van der Waals surface area contributed by atoms with Gasteiger partial charge in [0, 0.05) is 50.0 Å². The first kappa shape index (κ1) is 32.1. The quantitative estimate of drug-likeness (QED) is 0.309. The Hall–Kier alpha value is -4.86. The average Bonchev–Trinajstić information content (AvgIpc) is 3.56. The van der Waals surface area contributed by atoms with Crippen LogP contribution in [0.15, 0.2) is 46.9 Å². The fourth-order valence-corrected chi connectivity index (χ4v) is 5.57. The van der Waals surface area contributed by atoms with E-state index in [0.29, 0.717) is 35.0 Å². The van der Waals surface area contributed by atoms with Gasteiger partial charge < -0.3 is 48.9 Å². The number of likely N-dealkylation sites (N-methyl/N-ethyl adjacent to an activating group) is 1. The number of carboxylic acid groups (broad SMARTS) is 1. The molecule has 6 rings (SSSR count). The summed E-state index contributed by atoms with van der Waals surface area (Å²) in [5.74, 6) is 1.30. The summed E-state index contributed by atoms with van der Waals surface area (Å²) in [6.07, 6.45) is -2.58. The van der Waals surface area contributed by atoms with Gasteiger partial charge in [-0.2, -0.15) is 0 Å². The van der Waals surface area contributed by atoms with E-state index >= 15 is 0 Å². The third kappa shape index (κ3) is 7.76. The van der Waals surface area contributed by atoms with Crippen LogP contribution in [0.1, 0.15) is 16.3 Å². The number of ether oxygens (including phenoxy) is 4. The summed E-state index contributed by atoms with van der Waals surface area (Å²) in [6.45, 7) is 5.16. The number of pyridine rings is 1. The molecule has 0 radical (unpaired) electrons. The third-order valence-corrected chi connectivity index (χ3v) is 8.22. The highest BCUT2D eigenvalue weighted by atomic mass is 16.6. The number of para-hydroxylation sites is 1. The van der Waals surface area contributed by atoms with Crippen molar-refractivity contribution in [1.82, 2.24) is 25.0 Å². The van der Waals surface area contributed by atoms with Crippen LogP contribution in [0.4, 0.5) is 10.5 Å². The number of methoxy groups -OCH3 is 1. The maximum atomic E-state index is 13.0. The molecule has 2 aromatic heterocycles. The summed E-state index contributed by atoms with van der Waals surface area (Å²) in [5, 5.41) is 15.0. The van der Waals surface area contributed by atoms with Crippen LogP contribution in [0.25, 0.3) is 11.3 Å². The molecule has 3 aromatic rings. The highest BCUT2D eigenvalue weighted by Crippen LogP contribution is 2.41.